The van der Waals surface area contributed by atoms with E-state index in [2.05, 4.69) is 5.32 Å². The fourth-order valence-electron chi connectivity index (χ4n) is 2.68. The quantitative estimate of drug-likeness (QED) is 0.806. The van der Waals surface area contributed by atoms with Crippen molar-refractivity contribution < 1.29 is 9.90 Å². The molecule has 2 N–H and O–H groups in total. The van der Waals surface area contributed by atoms with Crippen molar-refractivity contribution in [2.24, 2.45) is 7.05 Å². The average Bonchev–Trinajstić information content (AvgIpc) is 2.82. The van der Waals surface area contributed by atoms with Crippen molar-refractivity contribution >= 4 is 11.7 Å². The number of aliphatic hydroxyl groups is 1. The molecule has 0 unspecified atom stereocenters. The zero-order chi connectivity index (χ0) is 18.4. The fraction of sp³-hybridized carbons (Fsp3) is 0.444. The number of para-hydroxylation sites is 1. The number of rotatable bonds is 7. The number of aliphatic hydroxyl groups excluding tert-OH is 1. The molecule has 2 rings (SSSR count). The number of carbonyl (C=O) groups is 1. The summed E-state index contributed by atoms with van der Waals surface area (Å²) in [6.45, 7) is 4.50. The lowest BCUT2D eigenvalue weighted by molar-refractivity contribution is 0.187. The SMILES string of the molecule is CCCCN(CCO)C(=O)Nc1c(C)n(C)n(-c2ccccc2)c1=O. The first-order valence-electron chi connectivity index (χ1n) is 8.52. The number of nitrogens with zero attached hydrogens (tertiary/aromatic N) is 3. The molecule has 2 amide bonds. The summed E-state index contributed by atoms with van der Waals surface area (Å²) < 4.78 is 3.24. The van der Waals surface area contributed by atoms with Crippen molar-refractivity contribution in [2.75, 3.05) is 25.0 Å². The first kappa shape index (κ1) is 18.8. The molecular weight excluding hydrogens is 320 g/mol. The molecule has 0 aliphatic heterocycles. The van der Waals surface area contributed by atoms with Crippen LogP contribution in [0.15, 0.2) is 35.1 Å². The molecule has 1 aromatic heterocycles. The van der Waals surface area contributed by atoms with E-state index >= 15 is 0 Å². The molecule has 0 atom stereocenters. The third-order valence-corrected chi connectivity index (χ3v) is 4.22. The molecule has 7 nitrogen and oxygen atoms in total. The van der Waals surface area contributed by atoms with Gasteiger partial charge in [0.15, 0.2) is 0 Å². The topological polar surface area (TPSA) is 79.5 Å². The van der Waals surface area contributed by atoms with Crippen LogP contribution in [0.4, 0.5) is 10.5 Å². The van der Waals surface area contributed by atoms with E-state index in [-0.39, 0.29) is 30.4 Å². The van der Waals surface area contributed by atoms with Crippen molar-refractivity contribution in [3.63, 3.8) is 0 Å². The van der Waals surface area contributed by atoms with Crippen LogP contribution in [-0.2, 0) is 7.05 Å². The van der Waals surface area contributed by atoms with Gasteiger partial charge in [-0.15, -0.1) is 0 Å². The summed E-state index contributed by atoms with van der Waals surface area (Å²) in [5.74, 6) is 0. The van der Waals surface area contributed by atoms with Gasteiger partial charge in [-0.25, -0.2) is 9.48 Å². The summed E-state index contributed by atoms with van der Waals surface area (Å²) >= 11 is 0. The van der Waals surface area contributed by atoms with Crippen LogP contribution >= 0.6 is 0 Å². The maximum Gasteiger partial charge on any atom is 0.322 e. The minimum absolute atomic E-state index is 0.112. The van der Waals surface area contributed by atoms with Crippen molar-refractivity contribution in [3.8, 4) is 5.69 Å². The van der Waals surface area contributed by atoms with Gasteiger partial charge in [-0.1, -0.05) is 31.5 Å². The summed E-state index contributed by atoms with van der Waals surface area (Å²) in [6, 6.07) is 8.91. The number of unbranched alkanes of at least 4 members (excludes halogenated alkanes) is 1. The van der Waals surface area contributed by atoms with Gasteiger partial charge in [-0.2, -0.15) is 0 Å². The third kappa shape index (κ3) is 4.11. The second kappa shape index (κ2) is 8.53. The van der Waals surface area contributed by atoms with Crippen LogP contribution in [0.1, 0.15) is 25.5 Å². The molecule has 0 spiro atoms. The lowest BCUT2D eigenvalue weighted by Crippen LogP contribution is -2.38. The molecular formula is C18H26N4O3. The molecule has 0 bridgehead atoms. The molecule has 25 heavy (non-hydrogen) atoms. The summed E-state index contributed by atoms with van der Waals surface area (Å²) in [4.78, 5) is 26.8. The molecule has 2 aromatic rings. The molecule has 7 heteroatoms. The van der Waals surface area contributed by atoms with Crippen molar-refractivity contribution in [1.29, 1.82) is 0 Å². The summed E-state index contributed by atoms with van der Waals surface area (Å²) in [5.41, 5.74) is 1.38. The standard InChI is InChI=1S/C18H26N4O3/c1-4-5-11-21(12-13-23)18(25)19-16-14(2)20(3)22(17(16)24)15-9-7-6-8-10-15/h6-10,23H,4-5,11-13H2,1-3H3,(H,19,25). The van der Waals surface area contributed by atoms with Gasteiger partial charge in [0.05, 0.1) is 18.0 Å². The smallest absolute Gasteiger partial charge is 0.322 e. The number of urea groups is 1. The molecule has 0 fully saturated rings. The Hall–Kier alpha value is -2.54. The predicted molar refractivity (Wildman–Crippen MR) is 98.3 cm³/mol. The van der Waals surface area contributed by atoms with Gasteiger partial charge < -0.3 is 15.3 Å². The molecule has 1 heterocycles. The normalized spacial score (nSPS) is 10.7. The predicted octanol–water partition coefficient (Wildman–Crippen LogP) is 2.11. The van der Waals surface area contributed by atoms with E-state index in [1.165, 1.54) is 9.58 Å². The molecule has 1 aromatic carbocycles. The van der Waals surface area contributed by atoms with E-state index in [1.807, 2.05) is 37.3 Å². The Morgan fingerprint density at radius 1 is 1.24 bits per heavy atom. The Labute approximate surface area is 147 Å². The van der Waals surface area contributed by atoms with Crippen LogP contribution in [0.2, 0.25) is 0 Å². The lowest BCUT2D eigenvalue weighted by Gasteiger charge is -2.21. The van der Waals surface area contributed by atoms with E-state index in [0.29, 0.717) is 12.2 Å². The van der Waals surface area contributed by atoms with E-state index in [9.17, 15) is 9.59 Å². The maximum absolute atomic E-state index is 12.8. The van der Waals surface area contributed by atoms with Crippen LogP contribution in [-0.4, -0.2) is 45.1 Å². The second-order valence-corrected chi connectivity index (χ2v) is 5.93. The number of aromatic nitrogens is 2. The fourth-order valence-corrected chi connectivity index (χ4v) is 2.68. The van der Waals surface area contributed by atoms with Crippen LogP contribution in [0.5, 0.6) is 0 Å². The van der Waals surface area contributed by atoms with Crippen LogP contribution < -0.4 is 10.9 Å². The minimum Gasteiger partial charge on any atom is -0.395 e. The highest BCUT2D eigenvalue weighted by Gasteiger charge is 2.20. The van der Waals surface area contributed by atoms with E-state index in [4.69, 9.17) is 5.11 Å². The second-order valence-electron chi connectivity index (χ2n) is 5.93. The van der Waals surface area contributed by atoms with Gasteiger partial charge in [0.1, 0.15) is 5.69 Å². The zero-order valence-electron chi connectivity index (χ0n) is 15.0. The summed E-state index contributed by atoms with van der Waals surface area (Å²) in [6.07, 6.45) is 1.79. The highest BCUT2D eigenvalue weighted by Crippen LogP contribution is 2.14. The van der Waals surface area contributed by atoms with E-state index in [0.717, 1.165) is 18.5 Å². The Morgan fingerprint density at radius 3 is 2.52 bits per heavy atom. The summed E-state index contributed by atoms with van der Waals surface area (Å²) in [7, 11) is 1.78. The van der Waals surface area contributed by atoms with Crippen LogP contribution in [0, 0.1) is 6.92 Å². The van der Waals surface area contributed by atoms with E-state index < -0.39 is 0 Å². The first-order chi connectivity index (χ1) is 12.0. The number of hydrogen-bond acceptors (Lipinski definition) is 3. The minimum atomic E-state index is -0.367. The van der Waals surface area contributed by atoms with Gasteiger partial charge in [0.2, 0.25) is 0 Å². The average molecular weight is 346 g/mol. The van der Waals surface area contributed by atoms with Crippen LogP contribution in [0.3, 0.4) is 0 Å². The maximum atomic E-state index is 12.8. The highest BCUT2D eigenvalue weighted by molar-refractivity contribution is 5.89. The third-order valence-electron chi connectivity index (χ3n) is 4.22. The molecule has 0 saturated heterocycles. The Balaban J connectivity index is 2.31. The van der Waals surface area contributed by atoms with Crippen molar-refractivity contribution in [1.82, 2.24) is 14.3 Å². The highest BCUT2D eigenvalue weighted by atomic mass is 16.3. The number of carbonyl (C=O) groups excluding carboxylic acids is 1. The van der Waals surface area contributed by atoms with Crippen molar-refractivity contribution in [3.05, 3.63) is 46.4 Å². The van der Waals surface area contributed by atoms with Gasteiger partial charge in [0.25, 0.3) is 5.56 Å². The van der Waals surface area contributed by atoms with Crippen molar-refractivity contribution in [2.45, 2.75) is 26.7 Å². The van der Waals surface area contributed by atoms with Gasteiger partial charge in [-0.3, -0.25) is 9.48 Å². The first-order valence-corrected chi connectivity index (χ1v) is 8.52. The van der Waals surface area contributed by atoms with Crippen LogP contribution in [0.25, 0.3) is 5.69 Å². The Kier molecular flexibility index (Phi) is 6.41. The van der Waals surface area contributed by atoms with E-state index in [1.54, 1.807) is 18.7 Å². The molecule has 0 radical (unpaired) electrons. The van der Waals surface area contributed by atoms with Gasteiger partial charge in [-0.05, 0) is 25.5 Å². The number of benzene rings is 1. The molecule has 0 aliphatic rings. The number of amides is 2. The van der Waals surface area contributed by atoms with Gasteiger partial charge in [0, 0.05) is 20.1 Å². The molecule has 136 valence electrons. The van der Waals surface area contributed by atoms with Gasteiger partial charge >= 0.3 is 6.03 Å². The number of anilines is 1. The largest absolute Gasteiger partial charge is 0.395 e. The molecule has 0 saturated carbocycles. The zero-order valence-corrected chi connectivity index (χ0v) is 15.0. The number of nitrogens with one attached hydrogen (secondary N) is 1. The summed E-state index contributed by atoms with van der Waals surface area (Å²) in [5, 5.41) is 11.9. The monoisotopic (exact) mass is 346 g/mol. The lowest BCUT2D eigenvalue weighted by atomic mass is 10.3. The Bertz CT molecular complexity index is 765. The Morgan fingerprint density at radius 2 is 1.92 bits per heavy atom. The molecule has 0 aliphatic carbocycles. The number of hydrogen-bond donors (Lipinski definition) is 2.